The molecule has 0 aliphatic heterocycles. The van der Waals surface area contributed by atoms with Crippen molar-refractivity contribution in [1.29, 1.82) is 0 Å². The number of ether oxygens (including phenoxy) is 2. The summed E-state index contributed by atoms with van der Waals surface area (Å²) in [7, 11) is 0. The molecule has 224 valence electrons. The Morgan fingerprint density at radius 3 is 2.40 bits per heavy atom. The number of carbonyl (C=O) groups excluding carboxylic acids is 1. The average Bonchev–Trinajstić information content (AvgIpc) is 3.45. The van der Waals surface area contributed by atoms with Crippen LogP contribution in [0.25, 0.3) is 17.1 Å². The monoisotopic (exact) mass is 617 g/mol. The fraction of sp³-hybridized carbons (Fsp3) is 0.292. The summed E-state index contributed by atoms with van der Waals surface area (Å²) < 4.78 is 77.5. The topological polar surface area (TPSA) is 152 Å². The van der Waals surface area contributed by atoms with E-state index < -0.39 is 49.9 Å². The van der Waals surface area contributed by atoms with E-state index in [1.165, 1.54) is 55.5 Å². The van der Waals surface area contributed by atoms with Gasteiger partial charge in [-0.05, 0) is 43.3 Å². The maximum atomic E-state index is 13.2. The SMILES string of the molecule is C[C@H](OC(N)=O)c1nc(Cn2nc(-c3ccc(Cl)cc3)n(C[C@H](O)C(F)(F)F)c2=O)nn1-c1ccccc1OC(F)F. The fourth-order valence-electron chi connectivity index (χ4n) is 3.86. The lowest BCUT2D eigenvalue weighted by molar-refractivity contribution is -0.207. The number of hydrogen-bond acceptors (Lipinski definition) is 8. The molecular weight excluding hydrogens is 597 g/mol. The van der Waals surface area contributed by atoms with Crippen LogP contribution in [0.4, 0.5) is 26.7 Å². The Morgan fingerprint density at radius 2 is 1.79 bits per heavy atom. The number of aliphatic hydroxyl groups excluding tert-OH is 1. The molecule has 0 spiro atoms. The van der Waals surface area contributed by atoms with Gasteiger partial charge in [0.1, 0.15) is 12.2 Å². The highest BCUT2D eigenvalue weighted by molar-refractivity contribution is 6.30. The van der Waals surface area contributed by atoms with Crippen LogP contribution in [0.2, 0.25) is 5.02 Å². The molecule has 0 saturated carbocycles. The lowest BCUT2D eigenvalue weighted by atomic mass is 10.2. The smallest absolute Gasteiger partial charge is 0.416 e. The van der Waals surface area contributed by atoms with Crippen molar-refractivity contribution < 1.29 is 41.3 Å². The highest BCUT2D eigenvalue weighted by Crippen LogP contribution is 2.28. The lowest BCUT2D eigenvalue weighted by Gasteiger charge is -2.15. The molecule has 0 fully saturated rings. The number of nitrogens with two attached hydrogens (primary N) is 1. The van der Waals surface area contributed by atoms with E-state index in [9.17, 15) is 36.6 Å². The van der Waals surface area contributed by atoms with Crippen LogP contribution in [0.1, 0.15) is 24.7 Å². The van der Waals surface area contributed by atoms with E-state index in [2.05, 4.69) is 19.9 Å². The van der Waals surface area contributed by atoms with Gasteiger partial charge in [-0.15, -0.1) is 10.2 Å². The molecule has 0 saturated heterocycles. The minimum atomic E-state index is -5.03. The molecule has 12 nitrogen and oxygen atoms in total. The number of aromatic nitrogens is 6. The van der Waals surface area contributed by atoms with Crippen molar-refractivity contribution in [1.82, 2.24) is 29.1 Å². The van der Waals surface area contributed by atoms with Crippen LogP contribution >= 0.6 is 11.6 Å². The zero-order valence-electron chi connectivity index (χ0n) is 21.4. The third-order valence-electron chi connectivity index (χ3n) is 5.69. The zero-order valence-corrected chi connectivity index (χ0v) is 22.1. The Hall–Kier alpha value is -4.51. The van der Waals surface area contributed by atoms with E-state index >= 15 is 0 Å². The number of aliphatic hydroxyl groups is 1. The van der Waals surface area contributed by atoms with E-state index in [4.69, 9.17) is 22.1 Å². The molecule has 2 aromatic carbocycles. The molecule has 0 aliphatic rings. The van der Waals surface area contributed by atoms with E-state index in [1.54, 1.807) is 0 Å². The summed E-state index contributed by atoms with van der Waals surface area (Å²) in [5, 5.41) is 18.3. The van der Waals surface area contributed by atoms with E-state index in [0.717, 1.165) is 9.36 Å². The molecule has 0 aliphatic carbocycles. The largest absolute Gasteiger partial charge is 0.438 e. The third kappa shape index (κ3) is 6.85. The highest BCUT2D eigenvalue weighted by Gasteiger charge is 2.39. The van der Waals surface area contributed by atoms with Crippen LogP contribution in [-0.2, 0) is 17.8 Å². The number of para-hydroxylation sites is 2. The predicted octanol–water partition coefficient (Wildman–Crippen LogP) is 3.68. The molecule has 0 unspecified atom stereocenters. The van der Waals surface area contributed by atoms with Gasteiger partial charge in [-0.1, -0.05) is 23.7 Å². The summed E-state index contributed by atoms with van der Waals surface area (Å²) in [4.78, 5) is 28.9. The zero-order chi connectivity index (χ0) is 30.8. The first-order chi connectivity index (χ1) is 19.7. The van der Waals surface area contributed by atoms with Crippen LogP contribution in [0.5, 0.6) is 5.75 Å². The summed E-state index contributed by atoms with van der Waals surface area (Å²) >= 11 is 5.90. The van der Waals surface area contributed by atoms with Gasteiger partial charge in [0.2, 0.25) is 0 Å². The van der Waals surface area contributed by atoms with Crippen LogP contribution < -0.4 is 16.2 Å². The van der Waals surface area contributed by atoms with Gasteiger partial charge in [0.05, 0.1) is 6.54 Å². The van der Waals surface area contributed by atoms with Crippen molar-refractivity contribution in [3.05, 3.63) is 75.7 Å². The summed E-state index contributed by atoms with van der Waals surface area (Å²) in [6.07, 6.45) is -10.3. The van der Waals surface area contributed by atoms with Crippen LogP contribution in [0.15, 0.2) is 53.3 Å². The standard InChI is InChI=1S/C24H21ClF5N7O5/c1-12(41-22(31)39)19-32-18(33-37(19)15-4-2-3-5-16(15)42-21(26)27)11-36-23(40)35(10-17(38)24(28,29)30)20(34-36)13-6-8-14(25)9-7-13/h2-9,12,17,21,38H,10-11H2,1H3,(H2,31,39)/t12-,17-/m0/s1. The van der Waals surface area contributed by atoms with Crippen LogP contribution in [0, 0.1) is 0 Å². The highest BCUT2D eigenvalue weighted by atomic mass is 35.5. The lowest BCUT2D eigenvalue weighted by Crippen LogP contribution is -2.37. The molecule has 2 heterocycles. The second-order valence-electron chi connectivity index (χ2n) is 8.66. The van der Waals surface area contributed by atoms with Crippen molar-refractivity contribution in [3.63, 3.8) is 0 Å². The number of halogens is 6. The molecule has 1 amide bonds. The van der Waals surface area contributed by atoms with Crippen LogP contribution in [0.3, 0.4) is 0 Å². The van der Waals surface area contributed by atoms with Crippen molar-refractivity contribution >= 4 is 17.7 Å². The first kappa shape index (κ1) is 30.4. The molecule has 3 N–H and O–H groups in total. The summed E-state index contributed by atoms with van der Waals surface area (Å²) in [5.74, 6) is -0.834. The summed E-state index contributed by atoms with van der Waals surface area (Å²) in [6.45, 7) is -3.54. The summed E-state index contributed by atoms with van der Waals surface area (Å²) in [5.41, 5.74) is 4.23. The maximum absolute atomic E-state index is 13.2. The number of carbonyl (C=O) groups is 1. The molecule has 0 bridgehead atoms. The number of rotatable bonds is 10. The van der Waals surface area contributed by atoms with E-state index in [1.807, 2.05) is 0 Å². The van der Waals surface area contributed by atoms with Gasteiger partial charge in [0, 0.05) is 10.6 Å². The van der Waals surface area contributed by atoms with Crippen molar-refractivity contribution in [2.45, 2.75) is 45.0 Å². The van der Waals surface area contributed by atoms with Crippen LogP contribution in [-0.4, -0.2) is 59.2 Å². The second kappa shape index (κ2) is 12.2. The molecule has 2 aromatic heterocycles. The Bertz CT molecular complexity index is 1620. The van der Waals surface area contributed by atoms with Crippen molar-refractivity contribution in [2.75, 3.05) is 0 Å². The number of hydrogen-bond donors (Lipinski definition) is 2. The minimum absolute atomic E-state index is 0.0421. The van der Waals surface area contributed by atoms with Gasteiger partial charge < -0.3 is 20.3 Å². The first-order valence-corrected chi connectivity index (χ1v) is 12.3. The quantitative estimate of drug-likeness (QED) is 0.256. The number of primary amides is 1. The van der Waals surface area contributed by atoms with Crippen molar-refractivity contribution in [2.24, 2.45) is 5.73 Å². The molecule has 4 rings (SSSR count). The Morgan fingerprint density at radius 1 is 1.12 bits per heavy atom. The molecule has 42 heavy (non-hydrogen) atoms. The van der Waals surface area contributed by atoms with Crippen molar-refractivity contribution in [3.8, 4) is 22.8 Å². The molecule has 18 heteroatoms. The molecule has 4 aromatic rings. The number of benzene rings is 2. The van der Waals surface area contributed by atoms with Gasteiger partial charge in [0.15, 0.2) is 35.4 Å². The number of amides is 1. The Balaban J connectivity index is 1.81. The number of nitrogens with zero attached hydrogens (tertiary/aromatic N) is 6. The van der Waals surface area contributed by atoms with Gasteiger partial charge in [-0.2, -0.15) is 22.0 Å². The van der Waals surface area contributed by atoms with E-state index in [-0.39, 0.29) is 34.5 Å². The molecular formula is C24H21ClF5N7O5. The Kier molecular flexibility index (Phi) is 8.81. The Labute approximate surface area is 237 Å². The third-order valence-corrected chi connectivity index (χ3v) is 5.94. The first-order valence-electron chi connectivity index (χ1n) is 11.9. The normalized spacial score (nSPS) is 13.3. The van der Waals surface area contributed by atoms with Gasteiger partial charge >= 0.3 is 24.6 Å². The van der Waals surface area contributed by atoms with E-state index in [0.29, 0.717) is 9.59 Å². The predicted molar refractivity (Wildman–Crippen MR) is 135 cm³/mol. The number of alkyl halides is 5. The van der Waals surface area contributed by atoms with Gasteiger partial charge in [-0.25, -0.2) is 23.9 Å². The maximum Gasteiger partial charge on any atom is 0.416 e. The fourth-order valence-corrected chi connectivity index (χ4v) is 3.99. The minimum Gasteiger partial charge on any atom is -0.438 e. The average molecular weight is 618 g/mol. The molecule has 2 atom stereocenters. The second-order valence-corrected chi connectivity index (χ2v) is 9.10. The van der Waals surface area contributed by atoms with Gasteiger partial charge in [-0.3, -0.25) is 4.57 Å². The summed E-state index contributed by atoms with van der Waals surface area (Å²) in [6, 6.07) is 11.2. The molecule has 0 radical (unpaired) electrons. The van der Waals surface area contributed by atoms with Gasteiger partial charge in [0.25, 0.3) is 0 Å².